The number of nitrogens with zero attached hydrogens (tertiary/aromatic N) is 2. The van der Waals surface area contributed by atoms with Crippen molar-refractivity contribution < 1.29 is 8.72 Å². The number of halogens is 1. The Bertz CT molecular complexity index is 481. The summed E-state index contributed by atoms with van der Waals surface area (Å²) in [5.74, 6) is 0. The Balaban J connectivity index is 2.40. The van der Waals surface area contributed by atoms with Gasteiger partial charge in [0.25, 0.3) is 0 Å². The van der Waals surface area contributed by atoms with Crippen LogP contribution in [0.1, 0.15) is 40.2 Å². The molecule has 0 N–H and O–H groups in total. The fraction of sp³-hybridized carbons (Fsp3) is 0.647. The van der Waals surface area contributed by atoms with E-state index in [4.69, 9.17) is 4.52 Å². The van der Waals surface area contributed by atoms with Crippen LogP contribution in [0.5, 0.6) is 0 Å². The minimum atomic E-state index is -3.95. The average molecular weight is 328 g/mol. The first kappa shape index (κ1) is 17.8. The maximum absolute atomic E-state index is 16.6. The van der Waals surface area contributed by atoms with E-state index in [0.29, 0.717) is 32.3 Å². The minimum absolute atomic E-state index is 0.450. The van der Waals surface area contributed by atoms with Crippen molar-refractivity contribution >= 4 is 7.44 Å². The van der Waals surface area contributed by atoms with E-state index < -0.39 is 13.0 Å². The van der Waals surface area contributed by atoms with Crippen molar-refractivity contribution in [2.75, 3.05) is 32.3 Å². The molecule has 1 aromatic rings. The Morgan fingerprint density at radius 2 is 1.41 bits per heavy atom. The summed E-state index contributed by atoms with van der Waals surface area (Å²) in [5.41, 5.74) is 0.533. The molecule has 22 heavy (non-hydrogen) atoms. The molecule has 1 saturated heterocycles. The predicted octanol–water partition coefficient (Wildman–Crippen LogP) is 4.80. The molecule has 0 spiro atoms. The first-order valence-corrected chi connectivity index (χ1v) is 10.5. The zero-order chi connectivity index (χ0) is 16.5. The van der Waals surface area contributed by atoms with Crippen LogP contribution in [-0.4, -0.2) is 41.7 Å². The summed E-state index contributed by atoms with van der Waals surface area (Å²) < 4.78 is 26.7. The topological polar surface area (TPSA) is 15.7 Å². The van der Waals surface area contributed by atoms with Crippen molar-refractivity contribution in [2.24, 2.45) is 0 Å². The van der Waals surface area contributed by atoms with Crippen molar-refractivity contribution in [3.05, 3.63) is 35.9 Å². The molecule has 2 rings (SSSR count). The molecule has 5 heteroatoms. The van der Waals surface area contributed by atoms with Crippen molar-refractivity contribution in [3.63, 3.8) is 0 Å². The van der Waals surface area contributed by atoms with Crippen LogP contribution < -0.4 is 0 Å². The van der Waals surface area contributed by atoms with Gasteiger partial charge in [-0.15, -0.1) is 0 Å². The van der Waals surface area contributed by atoms with Crippen LogP contribution in [0.2, 0.25) is 0 Å². The van der Waals surface area contributed by atoms with Gasteiger partial charge < -0.3 is 0 Å². The van der Waals surface area contributed by atoms with Gasteiger partial charge in [-0.05, 0) is 0 Å². The summed E-state index contributed by atoms with van der Waals surface area (Å²) in [7, 11) is -3.95. The van der Waals surface area contributed by atoms with E-state index in [1.54, 1.807) is 0 Å². The van der Waals surface area contributed by atoms with Crippen molar-refractivity contribution in [2.45, 2.75) is 40.2 Å². The molecule has 126 valence electrons. The van der Waals surface area contributed by atoms with Crippen molar-refractivity contribution in [1.82, 2.24) is 9.34 Å². The van der Waals surface area contributed by atoms with Gasteiger partial charge in [-0.2, -0.15) is 0 Å². The van der Waals surface area contributed by atoms with Crippen LogP contribution in [0.25, 0.3) is 0 Å². The zero-order valence-electron chi connectivity index (χ0n) is 14.6. The SMILES string of the molecule is CCN(CC)P1(F)(N(CC)CC)CC(C)(c2ccccc2)O1. The second-order valence-electron chi connectivity index (χ2n) is 6.13. The second kappa shape index (κ2) is 6.16. The van der Waals surface area contributed by atoms with Gasteiger partial charge in [0.05, 0.1) is 0 Å². The molecule has 0 aromatic heterocycles. The summed E-state index contributed by atoms with van der Waals surface area (Å²) in [4.78, 5) is 0. The van der Waals surface area contributed by atoms with E-state index in [1.165, 1.54) is 0 Å². The molecular weight excluding hydrogens is 298 g/mol. The van der Waals surface area contributed by atoms with Crippen LogP contribution in [0.3, 0.4) is 0 Å². The van der Waals surface area contributed by atoms with Gasteiger partial charge in [-0.1, -0.05) is 0 Å². The molecule has 1 atom stereocenters. The van der Waals surface area contributed by atoms with Gasteiger partial charge in [-0.3, -0.25) is 0 Å². The Labute approximate surface area is 134 Å². The molecule has 3 nitrogen and oxygen atoms in total. The zero-order valence-corrected chi connectivity index (χ0v) is 15.4. The number of hydrogen-bond acceptors (Lipinski definition) is 3. The van der Waals surface area contributed by atoms with E-state index in [2.05, 4.69) is 0 Å². The second-order valence-corrected chi connectivity index (χ2v) is 9.77. The molecule has 0 amide bonds. The normalized spacial score (nSPS) is 28.1. The third-order valence-corrected chi connectivity index (χ3v) is 10.1. The standard InChI is InChI=1S/C17H30FN2OP/c1-6-19(7-2)22(18,20(8-3)9-4)15-17(5,21-22)16-13-11-10-12-14-16/h10-14H,6-9,15H2,1-5H3. The molecule has 1 heterocycles. The van der Waals surface area contributed by atoms with Gasteiger partial charge in [0.15, 0.2) is 0 Å². The van der Waals surface area contributed by atoms with Gasteiger partial charge in [-0.25, -0.2) is 0 Å². The monoisotopic (exact) mass is 328 g/mol. The summed E-state index contributed by atoms with van der Waals surface area (Å²) >= 11 is 0. The maximum atomic E-state index is 16.6. The van der Waals surface area contributed by atoms with Crippen LogP contribution in [0.15, 0.2) is 30.3 Å². The van der Waals surface area contributed by atoms with Crippen LogP contribution in [0, 0.1) is 0 Å². The molecule has 1 unspecified atom stereocenters. The summed E-state index contributed by atoms with van der Waals surface area (Å²) in [6.45, 7) is 12.8. The number of hydrogen-bond donors (Lipinski definition) is 0. The third-order valence-electron chi connectivity index (χ3n) is 4.89. The van der Waals surface area contributed by atoms with Crippen LogP contribution >= 0.6 is 7.44 Å². The van der Waals surface area contributed by atoms with Gasteiger partial charge in [0, 0.05) is 0 Å². The van der Waals surface area contributed by atoms with E-state index in [0.717, 1.165) is 5.56 Å². The fourth-order valence-corrected chi connectivity index (χ4v) is 9.14. The predicted molar refractivity (Wildman–Crippen MR) is 93.6 cm³/mol. The van der Waals surface area contributed by atoms with Crippen molar-refractivity contribution in [3.8, 4) is 0 Å². The average Bonchev–Trinajstić information content (AvgIpc) is 2.49. The third kappa shape index (κ3) is 2.50. The Morgan fingerprint density at radius 1 is 1.00 bits per heavy atom. The molecule has 1 aliphatic heterocycles. The van der Waals surface area contributed by atoms with Crippen LogP contribution in [0.4, 0.5) is 4.20 Å². The summed E-state index contributed by atoms with van der Waals surface area (Å²) in [6.07, 6.45) is 0.450. The molecule has 1 fully saturated rings. The molecule has 1 aliphatic rings. The van der Waals surface area contributed by atoms with Gasteiger partial charge in [0.2, 0.25) is 0 Å². The number of benzene rings is 1. The van der Waals surface area contributed by atoms with E-state index in [9.17, 15) is 0 Å². The first-order chi connectivity index (χ1) is 10.4. The van der Waals surface area contributed by atoms with E-state index in [1.807, 2.05) is 74.3 Å². The van der Waals surface area contributed by atoms with Crippen molar-refractivity contribution in [1.29, 1.82) is 0 Å². The summed E-state index contributed by atoms with van der Waals surface area (Å²) in [6, 6.07) is 10.0. The Morgan fingerprint density at radius 3 is 1.77 bits per heavy atom. The van der Waals surface area contributed by atoms with Gasteiger partial charge in [0.1, 0.15) is 0 Å². The van der Waals surface area contributed by atoms with Crippen LogP contribution in [-0.2, 0) is 10.1 Å². The molecule has 0 bridgehead atoms. The van der Waals surface area contributed by atoms with E-state index >= 15 is 4.20 Å². The molecule has 0 aliphatic carbocycles. The Hall–Kier alpha value is -0.540. The number of rotatable bonds is 7. The molecule has 0 saturated carbocycles. The fourth-order valence-electron chi connectivity index (χ4n) is 3.87. The summed E-state index contributed by atoms with van der Waals surface area (Å²) in [5, 5.41) is 0. The molecular formula is C17H30FN2OP. The Kier molecular flexibility index (Phi) is 4.99. The first-order valence-electron chi connectivity index (χ1n) is 8.38. The molecule has 0 radical (unpaired) electrons. The van der Waals surface area contributed by atoms with Gasteiger partial charge >= 0.3 is 134 Å². The molecule has 1 aromatic carbocycles. The quantitative estimate of drug-likeness (QED) is 0.669. The van der Waals surface area contributed by atoms with E-state index in [-0.39, 0.29) is 0 Å².